The van der Waals surface area contributed by atoms with Crippen LogP contribution in [0.15, 0.2) is 36.4 Å². The van der Waals surface area contributed by atoms with Crippen molar-refractivity contribution < 1.29 is 9.47 Å². The summed E-state index contributed by atoms with van der Waals surface area (Å²) in [5.41, 5.74) is 2.86. The lowest BCUT2D eigenvalue weighted by molar-refractivity contribution is 0.180. The van der Waals surface area contributed by atoms with E-state index >= 15 is 0 Å². The van der Waals surface area contributed by atoms with Crippen LogP contribution in [0.3, 0.4) is 0 Å². The van der Waals surface area contributed by atoms with Gasteiger partial charge in [0.25, 0.3) is 0 Å². The van der Waals surface area contributed by atoms with Crippen LogP contribution in [-0.4, -0.2) is 56.9 Å². The Labute approximate surface area is 189 Å². The van der Waals surface area contributed by atoms with Crippen LogP contribution in [0.4, 0.5) is 5.69 Å². The van der Waals surface area contributed by atoms with Gasteiger partial charge in [-0.25, -0.2) is 4.98 Å². The highest BCUT2D eigenvalue weighted by atomic mass is 35.5. The fourth-order valence-electron chi connectivity index (χ4n) is 4.22. The maximum Gasteiger partial charge on any atom is 0.119 e. The molecule has 1 N–H and O–H groups in total. The van der Waals surface area contributed by atoms with Crippen molar-refractivity contribution in [1.29, 1.82) is 0 Å². The van der Waals surface area contributed by atoms with Crippen molar-refractivity contribution in [3.05, 3.63) is 41.4 Å². The van der Waals surface area contributed by atoms with E-state index in [0.717, 1.165) is 58.5 Å². The lowest BCUT2D eigenvalue weighted by Gasteiger charge is -2.23. The third kappa shape index (κ3) is 5.59. The molecule has 0 amide bonds. The van der Waals surface area contributed by atoms with E-state index in [1.54, 1.807) is 14.2 Å². The minimum atomic E-state index is 0.204. The van der Waals surface area contributed by atoms with Crippen molar-refractivity contribution in [3.8, 4) is 5.75 Å². The van der Waals surface area contributed by atoms with E-state index in [1.807, 2.05) is 36.4 Å². The molecule has 0 aliphatic heterocycles. The summed E-state index contributed by atoms with van der Waals surface area (Å²) in [6, 6.07) is 12.1. The third-order valence-electron chi connectivity index (χ3n) is 6.02. The maximum atomic E-state index is 6.26. The highest BCUT2D eigenvalue weighted by Gasteiger charge is 2.22. The van der Waals surface area contributed by atoms with E-state index in [4.69, 9.17) is 26.1 Å². The molecule has 0 saturated heterocycles. The van der Waals surface area contributed by atoms with E-state index in [1.165, 1.54) is 19.4 Å². The smallest absolute Gasteiger partial charge is 0.119 e. The van der Waals surface area contributed by atoms with Crippen LogP contribution in [0, 0.1) is 5.92 Å². The Kier molecular flexibility index (Phi) is 7.16. The number of pyridine rings is 1. The quantitative estimate of drug-likeness (QED) is 0.392. The minimum absolute atomic E-state index is 0.204. The molecular formula is C25H32ClN3O2. The molecule has 1 aliphatic carbocycles. The van der Waals surface area contributed by atoms with Gasteiger partial charge in [-0.3, -0.25) is 0 Å². The lowest BCUT2D eigenvalue weighted by Crippen LogP contribution is -2.28. The number of methoxy groups -OCH3 is 2. The molecule has 0 radical (unpaired) electrons. The summed E-state index contributed by atoms with van der Waals surface area (Å²) in [7, 11) is 5.69. The van der Waals surface area contributed by atoms with Gasteiger partial charge in [-0.05, 0) is 81.6 Å². The van der Waals surface area contributed by atoms with Gasteiger partial charge in [0, 0.05) is 35.5 Å². The summed E-state index contributed by atoms with van der Waals surface area (Å²) >= 11 is 6.26. The number of fused-ring (bicyclic) bond motifs is 2. The Balaban J connectivity index is 1.60. The first-order chi connectivity index (χ1) is 15.1. The highest BCUT2D eigenvalue weighted by Crippen LogP contribution is 2.35. The van der Waals surface area contributed by atoms with E-state index in [2.05, 4.69) is 17.3 Å². The van der Waals surface area contributed by atoms with Gasteiger partial charge >= 0.3 is 0 Å². The first-order valence-corrected chi connectivity index (χ1v) is 11.5. The zero-order chi connectivity index (χ0) is 21.8. The van der Waals surface area contributed by atoms with Gasteiger partial charge in [0.1, 0.15) is 5.75 Å². The number of benzene rings is 2. The van der Waals surface area contributed by atoms with Gasteiger partial charge in [0.05, 0.1) is 30.4 Å². The van der Waals surface area contributed by atoms with Crippen LogP contribution < -0.4 is 10.1 Å². The number of nitrogens with one attached hydrogen (secondary N) is 1. The Morgan fingerprint density at radius 2 is 1.97 bits per heavy atom. The Hall–Kier alpha value is -2.08. The molecule has 5 nitrogen and oxygen atoms in total. The minimum Gasteiger partial charge on any atom is -0.497 e. The largest absolute Gasteiger partial charge is 0.497 e. The molecule has 0 bridgehead atoms. The molecule has 1 atom stereocenters. The molecule has 1 aliphatic rings. The average molecular weight is 442 g/mol. The van der Waals surface area contributed by atoms with Crippen molar-refractivity contribution in [2.75, 3.05) is 46.3 Å². The van der Waals surface area contributed by atoms with Gasteiger partial charge in [-0.2, -0.15) is 0 Å². The van der Waals surface area contributed by atoms with Gasteiger partial charge < -0.3 is 19.7 Å². The molecule has 0 spiro atoms. The molecule has 1 fully saturated rings. The van der Waals surface area contributed by atoms with Crippen LogP contribution in [0.2, 0.25) is 5.02 Å². The Morgan fingerprint density at radius 3 is 2.71 bits per heavy atom. The molecule has 2 aromatic carbocycles. The second kappa shape index (κ2) is 10.0. The van der Waals surface area contributed by atoms with Crippen molar-refractivity contribution in [2.45, 2.75) is 31.7 Å². The summed E-state index contributed by atoms with van der Waals surface area (Å²) in [4.78, 5) is 7.29. The molecule has 3 aromatic rings. The molecule has 4 rings (SSSR count). The number of ether oxygens (including phenoxy) is 2. The van der Waals surface area contributed by atoms with E-state index < -0.39 is 0 Å². The predicted molar refractivity (Wildman–Crippen MR) is 130 cm³/mol. The fourth-order valence-corrected chi connectivity index (χ4v) is 4.39. The van der Waals surface area contributed by atoms with E-state index in [0.29, 0.717) is 11.6 Å². The highest BCUT2D eigenvalue weighted by molar-refractivity contribution is 6.31. The third-order valence-corrected chi connectivity index (χ3v) is 6.25. The molecule has 1 aromatic heterocycles. The molecule has 166 valence electrons. The number of rotatable bonds is 11. The summed E-state index contributed by atoms with van der Waals surface area (Å²) in [5.74, 6) is 1.74. The van der Waals surface area contributed by atoms with Crippen LogP contribution >= 0.6 is 11.6 Å². The first-order valence-electron chi connectivity index (χ1n) is 11.1. The number of nitrogens with zero attached hydrogens (tertiary/aromatic N) is 2. The van der Waals surface area contributed by atoms with E-state index in [9.17, 15) is 0 Å². The lowest BCUT2D eigenvalue weighted by atomic mass is 10.0. The van der Waals surface area contributed by atoms with Crippen molar-refractivity contribution in [2.24, 2.45) is 5.92 Å². The number of hydrogen-bond donors (Lipinski definition) is 1. The van der Waals surface area contributed by atoms with Gasteiger partial charge in [-0.1, -0.05) is 11.6 Å². The van der Waals surface area contributed by atoms with Crippen LogP contribution in [0.1, 0.15) is 25.7 Å². The maximum absolute atomic E-state index is 6.26. The fraction of sp³-hybridized carbons (Fsp3) is 0.480. The van der Waals surface area contributed by atoms with Crippen LogP contribution in [0.5, 0.6) is 5.75 Å². The van der Waals surface area contributed by atoms with Crippen molar-refractivity contribution in [3.63, 3.8) is 0 Å². The molecular weight excluding hydrogens is 410 g/mol. The van der Waals surface area contributed by atoms with Crippen LogP contribution in [0.25, 0.3) is 21.8 Å². The van der Waals surface area contributed by atoms with E-state index in [-0.39, 0.29) is 6.04 Å². The Morgan fingerprint density at radius 1 is 1.13 bits per heavy atom. The topological polar surface area (TPSA) is 46.6 Å². The second-order valence-corrected chi connectivity index (χ2v) is 9.11. The summed E-state index contributed by atoms with van der Waals surface area (Å²) < 4.78 is 11.0. The number of anilines is 1. The van der Waals surface area contributed by atoms with Crippen molar-refractivity contribution >= 4 is 39.1 Å². The first kappa shape index (κ1) is 22.1. The van der Waals surface area contributed by atoms with Gasteiger partial charge in [0.2, 0.25) is 0 Å². The second-order valence-electron chi connectivity index (χ2n) is 8.68. The SMILES string of the molecule is COCC(CCCN(C)CC1CC1)Nc1c2ccc(Cl)cc2nc2ccc(OC)cc12. The zero-order valence-electron chi connectivity index (χ0n) is 18.7. The molecule has 1 heterocycles. The molecule has 31 heavy (non-hydrogen) atoms. The number of halogens is 1. The number of hydrogen-bond acceptors (Lipinski definition) is 5. The summed E-state index contributed by atoms with van der Waals surface area (Å²) in [6.45, 7) is 2.98. The summed E-state index contributed by atoms with van der Waals surface area (Å²) in [5, 5.41) is 6.56. The van der Waals surface area contributed by atoms with Gasteiger partial charge in [0.15, 0.2) is 0 Å². The van der Waals surface area contributed by atoms with Gasteiger partial charge in [-0.15, -0.1) is 0 Å². The standard InChI is InChI=1S/C25H32ClN3O2/c1-29(15-17-6-7-17)12-4-5-19(16-30-2)27-25-21-10-8-18(26)13-24(21)28-23-11-9-20(31-3)14-22(23)25/h8-11,13-14,17,19H,4-7,12,15-16H2,1-3H3,(H,27,28). The zero-order valence-corrected chi connectivity index (χ0v) is 19.4. The number of aromatic nitrogens is 1. The molecule has 1 unspecified atom stereocenters. The normalized spacial score (nSPS) is 15.0. The van der Waals surface area contributed by atoms with Crippen LogP contribution in [-0.2, 0) is 4.74 Å². The van der Waals surface area contributed by atoms with Crippen molar-refractivity contribution in [1.82, 2.24) is 9.88 Å². The molecule has 1 saturated carbocycles. The summed E-state index contributed by atoms with van der Waals surface area (Å²) in [6.07, 6.45) is 4.95. The average Bonchev–Trinajstić information content (AvgIpc) is 3.57. The Bertz CT molecular complexity index is 1040. The monoisotopic (exact) mass is 441 g/mol. The molecule has 6 heteroatoms. The predicted octanol–water partition coefficient (Wildman–Crippen LogP) is 5.60.